The lowest BCUT2D eigenvalue weighted by atomic mass is 9.91. The van der Waals surface area contributed by atoms with Crippen LogP contribution in [0, 0.1) is 11.8 Å². The second-order valence-corrected chi connectivity index (χ2v) is 16.0. The van der Waals surface area contributed by atoms with Crippen LogP contribution in [-0.2, 0) is 24.2 Å². The molecule has 2 atom stereocenters. The van der Waals surface area contributed by atoms with E-state index in [4.69, 9.17) is 17.5 Å². The van der Waals surface area contributed by atoms with Crippen LogP contribution in [0.2, 0.25) is 0 Å². The first-order chi connectivity index (χ1) is 23.1. The summed E-state index contributed by atoms with van der Waals surface area (Å²) in [5.41, 5.74) is 11.1. The number of unbranched alkanes of at least 4 members (excludes halogenated alkanes) is 1. The lowest BCUT2D eigenvalue weighted by Gasteiger charge is -2.14. The molecule has 0 saturated carbocycles. The van der Waals surface area contributed by atoms with Crippen LogP contribution in [0.1, 0.15) is 70.9 Å². The molecule has 4 heterocycles. The summed E-state index contributed by atoms with van der Waals surface area (Å²) in [7, 11) is 0. The number of benzene rings is 3. The largest absolute Gasteiger partial charge is 0.172 e. The molecule has 0 saturated heterocycles. The Bertz CT molecular complexity index is 2060. The Morgan fingerprint density at radius 1 is 0.596 bits per heavy atom. The van der Waals surface area contributed by atoms with Crippen LogP contribution in [0.4, 0.5) is 11.4 Å². The second-order valence-electron chi connectivity index (χ2n) is 12.7. The summed E-state index contributed by atoms with van der Waals surface area (Å²) in [4.78, 5) is 4.80. The van der Waals surface area contributed by atoms with E-state index in [2.05, 4.69) is 100 Å². The number of nitrogens with zero attached hydrogens (tertiary/aromatic N) is 4. The van der Waals surface area contributed by atoms with E-state index < -0.39 is 0 Å². The minimum atomic E-state index is 0.700. The van der Waals surface area contributed by atoms with Gasteiger partial charge in [-0.15, -0.1) is 22.7 Å². The maximum absolute atomic E-state index is 4.85. The molecule has 4 nitrogen and oxygen atoms in total. The molecule has 7 rings (SSSR count). The van der Waals surface area contributed by atoms with Gasteiger partial charge in [-0.2, -0.15) is 17.5 Å². The third kappa shape index (κ3) is 6.71. The van der Waals surface area contributed by atoms with E-state index in [9.17, 15) is 0 Å². The second kappa shape index (κ2) is 14.4. The molecule has 0 spiro atoms. The molecule has 3 aromatic heterocycles. The maximum atomic E-state index is 4.85. The number of hydrogen-bond acceptors (Lipinski definition) is 7. The number of aromatic nitrogens is 2. The van der Waals surface area contributed by atoms with Gasteiger partial charge in [-0.3, -0.25) is 0 Å². The summed E-state index contributed by atoms with van der Waals surface area (Å²) in [6.07, 6.45) is 8.65. The van der Waals surface area contributed by atoms with E-state index in [1.165, 1.54) is 93.6 Å². The van der Waals surface area contributed by atoms with Crippen molar-refractivity contribution in [1.82, 2.24) is 8.75 Å². The van der Waals surface area contributed by atoms with Crippen molar-refractivity contribution in [3.63, 3.8) is 0 Å². The minimum absolute atomic E-state index is 0.700. The zero-order valence-corrected chi connectivity index (χ0v) is 30.7. The molecule has 8 heteroatoms. The average molecular weight is 693 g/mol. The molecular formula is C39H40N4S4. The van der Waals surface area contributed by atoms with Gasteiger partial charge in [0.25, 0.3) is 0 Å². The van der Waals surface area contributed by atoms with Crippen molar-refractivity contribution in [2.24, 2.45) is 20.6 Å². The van der Waals surface area contributed by atoms with Gasteiger partial charge in [-0.1, -0.05) is 108 Å². The van der Waals surface area contributed by atoms with Crippen molar-refractivity contribution >= 4 is 68.2 Å². The summed E-state index contributed by atoms with van der Waals surface area (Å²) in [5.74, 6) is 1.47. The Balaban J connectivity index is 1.18. The van der Waals surface area contributed by atoms with E-state index in [1.807, 2.05) is 0 Å². The predicted octanol–water partition coefficient (Wildman–Crippen LogP) is 13.6. The van der Waals surface area contributed by atoms with Crippen molar-refractivity contribution in [2.45, 2.75) is 72.6 Å². The average Bonchev–Trinajstić information content (AvgIpc) is 3.93. The van der Waals surface area contributed by atoms with Crippen LogP contribution in [0.3, 0.4) is 0 Å². The molecule has 47 heavy (non-hydrogen) atoms. The highest BCUT2D eigenvalue weighted by molar-refractivity contribution is 7.58. The van der Waals surface area contributed by atoms with Crippen LogP contribution in [0.15, 0.2) is 81.5 Å². The van der Waals surface area contributed by atoms with E-state index in [-0.39, 0.29) is 0 Å². The fraction of sp³-hybridized carbons (Fsp3) is 0.333. The zero-order chi connectivity index (χ0) is 32.3. The number of rotatable bonds is 13. The van der Waals surface area contributed by atoms with Gasteiger partial charge < -0.3 is 0 Å². The lowest BCUT2D eigenvalue weighted by Crippen LogP contribution is -2.03. The lowest BCUT2D eigenvalue weighted by molar-refractivity contribution is 0.449. The first-order valence-electron chi connectivity index (χ1n) is 16.9. The molecule has 0 aliphatic carbocycles. The molecular weight excluding hydrogens is 653 g/mol. The van der Waals surface area contributed by atoms with Crippen LogP contribution >= 0.6 is 34.4 Å². The van der Waals surface area contributed by atoms with Crippen molar-refractivity contribution in [3.8, 4) is 41.8 Å². The van der Waals surface area contributed by atoms with Crippen molar-refractivity contribution < 1.29 is 0 Å². The number of fused-ring (bicyclic) bond motifs is 2. The SMILES string of the molecule is CCCCC(CC)Cc1ccc(-c2ccc(-c3c4c(c(-c5ccc(-c6ccc(CC(C)CC)cc6)s5)c5nsnc35)N=S=N4)s2)cc1. The fourth-order valence-corrected chi connectivity index (χ4v) is 9.65. The smallest absolute Gasteiger partial charge is 0.116 e. The predicted molar refractivity (Wildman–Crippen MR) is 207 cm³/mol. The van der Waals surface area contributed by atoms with E-state index >= 15 is 0 Å². The Labute approximate surface area is 294 Å². The van der Waals surface area contributed by atoms with E-state index in [0.29, 0.717) is 5.92 Å². The van der Waals surface area contributed by atoms with Gasteiger partial charge >= 0.3 is 0 Å². The van der Waals surface area contributed by atoms with Crippen molar-refractivity contribution in [1.29, 1.82) is 0 Å². The Morgan fingerprint density at radius 2 is 1.11 bits per heavy atom. The summed E-state index contributed by atoms with van der Waals surface area (Å²) in [6, 6.07) is 27.2. The molecule has 0 radical (unpaired) electrons. The molecule has 6 aromatic rings. The summed E-state index contributed by atoms with van der Waals surface area (Å²) in [6.45, 7) is 9.19. The molecule has 2 unspecified atom stereocenters. The van der Waals surface area contributed by atoms with Crippen LogP contribution in [0.5, 0.6) is 0 Å². The first kappa shape index (κ1) is 32.3. The van der Waals surface area contributed by atoms with Gasteiger partial charge in [0.2, 0.25) is 0 Å². The molecule has 0 bridgehead atoms. The van der Waals surface area contributed by atoms with E-state index in [1.54, 1.807) is 22.7 Å². The molecule has 0 fully saturated rings. The number of hydrogen-bond donors (Lipinski definition) is 0. The monoisotopic (exact) mass is 692 g/mol. The van der Waals surface area contributed by atoms with Gasteiger partial charge in [-0.05, 0) is 71.2 Å². The van der Waals surface area contributed by atoms with Crippen molar-refractivity contribution in [3.05, 3.63) is 83.9 Å². The normalized spacial score (nSPS) is 13.6. The van der Waals surface area contributed by atoms with Crippen molar-refractivity contribution in [2.75, 3.05) is 0 Å². The third-order valence-corrected chi connectivity index (χ3v) is 12.8. The quantitative estimate of drug-likeness (QED) is 0.121. The van der Waals surface area contributed by atoms with Gasteiger partial charge in [0.1, 0.15) is 22.4 Å². The summed E-state index contributed by atoms with van der Waals surface area (Å²) < 4.78 is 19.4. The standard InChI is InChI=1S/C39H40N4S4/c1-5-8-9-25(7-3)23-27-12-16-29(17-13-27)31-19-21-33(45-31)35-38-36(40-46-42-38)34(37-39(35)43-47-41-37)32-20-18-30(44-32)28-14-10-26(11-15-28)22-24(4)6-2/h10-21,24-25H,5-9,22-23H2,1-4H3. The van der Waals surface area contributed by atoms with Gasteiger partial charge in [0, 0.05) is 30.6 Å². The van der Waals surface area contributed by atoms with Crippen LogP contribution in [-0.4, -0.2) is 8.75 Å². The topological polar surface area (TPSA) is 50.5 Å². The molecule has 0 N–H and O–H groups in total. The molecule has 1 aliphatic rings. The van der Waals surface area contributed by atoms with E-state index in [0.717, 1.165) is 55.6 Å². The summed E-state index contributed by atoms with van der Waals surface area (Å²) >= 11 is 6.12. The Morgan fingerprint density at radius 3 is 1.60 bits per heavy atom. The Hall–Kier alpha value is -3.30. The fourth-order valence-electron chi connectivity index (χ4n) is 6.41. The minimum Gasteiger partial charge on any atom is -0.172 e. The van der Waals surface area contributed by atoms with Gasteiger partial charge in [0.15, 0.2) is 0 Å². The highest BCUT2D eigenvalue weighted by Gasteiger charge is 2.27. The summed E-state index contributed by atoms with van der Waals surface area (Å²) in [5, 5.41) is 0. The zero-order valence-electron chi connectivity index (χ0n) is 27.5. The molecule has 240 valence electrons. The highest BCUT2D eigenvalue weighted by atomic mass is 32.1. The highest BCUT2D eigenvalue weighted by Crippen LogP contribution is 2.54. The van der Waals surface area contributed by atoms with Gasteiger partial charge in [0.05, 0.1) is 23.1 Å². The molecule has 1 aliphatic heterocycles. The first-order valence-corrected chi connectivity index (χ1v) is 19.9. The Kier molecular flexibility index (Phi) is 9.91. The third-order valence-electron chi connectivity index (χ3n) is 9.45. The number of thiophene rings is 2. The molecule has 3 aromatic carbocycles. The van der Waals surface area contributed by atoms with Gasteiger partial charge in [-0.25, -0.2) is 0 Å². The maximum Gasteiger partial charge on any atom is 0.116 e. The van der Waals surface area contributed by atoms with Crippen LogP contribution in [0.25, 0.3) is 52.8 Å². The molecule has 0 amide bonds. The van der Waals surface area contributed by atoms with Crippen LogP contribution < -0.4 is 0 Å².